The van der Waals surface area contributed by atoms with Crippen molar-refractivity contribution in [3.8, 4) is 0 Å². The van der Waals surface area contributed by atoms with E-state index in [1.807, 2.05) is 31.2 Å². The van der Waals surface area contributed by atoms with Gasteiger partial charge in [0.15, 0.2) is 0 Å². The Morgan fingerprint density at radius 1 is 1.22 bits per heavy atom. The molecule has 0 saturated heterocycles. The molecule has 1 atom stereocenters. The normalized spacial score (nSPS) is 12.5. The fourth-order valence-corrected chi connectivity index (χ4v) is 4.07. The maximum absolute atomic E-state index is 13.5. The Kier molecular flexibility index (Phi) is 6.84. The first-order valence-electron chi connectivity index (χ1n) is 8.41. The van der Waals surface area contributed by atoms with Crippen LogP contribution in [0.1, 0.15) is 24.5 Å². The number of benzene rings is 2. The topological polar surface area (TPSA) is 66.5 Å². The standard InChI is InChI=1S/C19H22ClFN2O3S/c1-4-18(19(24)22-12-14-7-5-13(2)6-8-14)23(27(3,25)26)15-9-10-17(21)16(20)11-15/h5-11,18H,4,12H2,1-3H3,(H,22,24)/t18-/m1/s1. The molecule has 0 unspecified atom stereocenters. The lowest BCUT2D eigenvalue weighted by Gasteiger charge is -2.30. The van der Waals surface area contributed by atoms with Crippen molar-refractivity contribution >= 4 is 33.2 Å². The maximum Gasteiger partial charge on any atom is 0.244 e. The molecule has 2 aromatic carbocycles. The Bertz CT molecular complexity index is 917. The van der Waals surface area contributed by atoms with E-state index < -0.39 is 27.8 Å². The SMILES string of the molecule is CC[C@H](C(=O)NCc1ccc(C)cc1)N(c1ccc(F)c(Cl)c1)S(C)(=O)=O. The number of sulfonamides is 1. The zero-order valence-electron chi connectivity index (χ0n) is 15.4. The van der Waals surface area contributed by atoms with Crippen molar-refractivity contribution in [2.75, 3.05) is 10.6 Å². The van der Waals surface area contributed by atoms with E-state index >= 15 is 0 Å². The lowest BCUT2D eigenvalue weighted by molar-refractivity contribution is -0.122. The van der Waals surface area contributed by atoms with Gasteiger partial charge in [-0.15, -0.1) is 0 Å². The van der Waals surface area contributed by atoms with Crippen LogP contribution in [0.3, 0.4) is 0 Å². The summed E-state index contributed by atoms with van der Waals surface area (Å²) in [7, 11) is -3.80. The number of hydrogen-bond acceptors (Lipinski definition) is 3. The summed E-state index contributed by atoms with van der Waals surface area (Å²) in [6.45, 7) is 3.95. The molecule has 2 aromatic rings. The van der Waals surface area contributed by atoms with Gasteiger partial charge < -0.3 is 5.32 Å². The second-order valence-corrected chi connectivity index (χ2v) is 8.55. The van der Waals surface area contributed by atoms with E-state index in [1.54, 1.807) is 6.92 Å². The third kappa shape index (κ3) is 5.43. The Hall–Kier alpha value is -2.12. The molecule has 0 aliphatic heterocycles. The summed E-state index contributed by atoms with van der Waals surface area (Å²) < 4.78 is 39.1. The molecule has 0 aromatic heterocycles. The first-order chi connectivity index (χ1) is 12.6. The summed E-state index contributed by atoms with van der Waals surface area (Å²) in [5.74, 6) is -1.10. The van der Waals surface area contributed by atoms with Gasteiger partial charge in [0.2, 0.25) is 15.9 Å². The van der Waals surface area contributed by atoms with E-state index in [9.17, 15) is 17.6 Å². The van der Waals surface area contributed by atoms with Crippen molar-refractivity contribution in [1.29, 1.82) is 0 Å². The zero-order chi connectivity index (χ0) is 20.2. The second kappa shape index (κ2) is 8.71. The van der Waals surface area contributed by atoms with Gasteiger partial charge in [0.1, 0.15) is 11.9 Å². The molecule has 8 heteroatoms. The first kappa shape index (κ1) is 21.2. The third-order valence-electron chi connectivity index (χ3n) is 4.07. The van der Waals surface area contributed by atoms with E-state index in [4.69, 9.17) is 11.6 Å². The summed E-state index contributed by atoms with van der Waals surface area (Å²) in [5.41, 5.74) is 2.15. The number of rotatable bonds is 7. The van der Waals surface area contributed by atoms with Crippen LogP contribution >= 0.6 is 11.6 Å². The quantitative estimate of drug-likeness (QED) is 0.754. The summed E-state index contributed by atoms with van der Waals surface area (Å²) >= 11 is 5.79. The summed E-state index contributed by atoms with van der Waals surface area (Å²) in [6.07, 6.45) is 1.24. The van der Waals surface area contributed by atoms with Crippen LogP contribution < -0.4 is 9.62 Å². The number of nitrogens with zero attached hydrogens (tertiary/aromatic N) is 1. The van der Waals surface area contributed by atoms with Gasteiger partial charge in [-0.2, -0.15) is 0 Å². The van der Waals surface area contributed by atoms with E-state index in [2.05, 4.69) is 5.32 Å². The Balaban J connectivity index is 2.27. The number of halogens is 2. The number of nitrogens with one attached hydrogen (secondary N) is 1. The van der Waals surface area contributed by atoms with Crippen molar-refractivity contribution in [1.82, 2.24) is 5.32 Å². The molecule has 27 heavy (non-hydrogen) atoms. The molecule has 0 heterocycles. The molecule has 2 rings (SSSR count). The van der Waals surface area contributed by atoms with Crippen LogP contribution in [0, 0.1) is 12.7 Å². The highest BCUT2D eigenvalue weighted by molar-refractivity contribution is 7.92. The van der Waals surface area contributed by atoms with Crippen molar-refractivity contribution in [3.05, 3.63) is 64.4 Å². The Morgan fingerprint density at radius 2 is 1.85 bits per heavy atom. The molecular formula is C19H22ClFN2O3S. The minimum Gasteiger partial charge on any atom is -0.350 e. The van der Waals surface area contributed by atoms with Crippen LogP contribution in [0.4, 0.5) is 10.1 Å². The molecule has 0 aliphatic rings. The third-order valence-corrected chi connectivity index (χ3v) is 5.54. The Morgan fingerprint density at radius 3 is 2.37 bits per heavy atom. The fraction of sp³-hybridized carbons (Fsp3) is 0.316. The van der Waals surface area contributed by atoms with Crippen molar-refractivity contribution < 1.29 is 17.6 Å². The van der Waals surface area contributed by atoms with Gasteiger partial charge in [-0.3, -0.25) is 9.10 Å². The number of anilines is 1. The lowest BCUT2D eigenvalue weighted by Crippen LogP contribution is -2.49. The van der Waals surface area contributed by atoms with Crippen molar-refractivity contribution in [2.24, 2.45) is 0 Å². The molecule has 1 N–H and O–H groups in total. The minimum absolute atomic E-state index is 0.140. The number of carbonyl (C=O) groups is 1. The lowest BCUT2D eigenvalue weighted by atomic mass is 10.1. The number of hydrogen-bond donors (Lipinski definition) is 1. The van der Waals surface area contributed by atoms with Gasteiger partial charge in [0.25, 0.3) is 0 Å². The molecule has 5 nitrogen and oxygen atoms in total. The molecule has 1 amide bonds. The molecule has 0 fully saturated rings. The van der Waals surface area contributed by atoms with E-state index in [0.717, 1.165) is 27.8 Å². The van der Waals surface area contributed by atoms with E-state index in [1.165, 1.54) is 12.1 Å². The predicted octanol–water partition coefficient (Wildman–Crippen LogP) is 3.65. The van der Waals surface area contributed by atoms with Gasteiger partial charge in [0.05, 0.1) is 17.0 Å². The Labute approximate surface area is 164 Å². The van der Waals surface area contributed by atoms with Gasteiger partial charge in [0, 0.05) is 6.54 Å². The van der Waals surface area contributed by atoms with Crippen LogP contribution in [0.25, 0.3) is 0 Å². The van der Waals surface area contributed by atoms with E-state index in [0.29, 0.717) is 0 Å². The highest BCUT2D eigenvalue weighted by Gasteiger charge is 2.31. The number of amides is 1. The van der Waals surface area contributed by atoms with Crippen LogP contribution in [-0.4, -0.2) is 26.6 Å². The predicted molar refractivity (Wildman–Crippen MR) is 106 cm³/mol. The van der Waals surface area contributed by atoms with Crippen LogP contribution in [0.2, 0.25) is 5.02 Å². The van der Waals surface area contributed by atoms with Crippen LogP contribution in [-0.2, 0) is 21.4 Å². The van der Waals surface area contributed by atoms with Gasteiger partial charge in [-0.1, -0.05) is 48.4 Å². The van der Waals surface area contributed by atoms with Crippen LogP contribution in [0.5, 0.6) is 0 Å². The number of carbonyl (C=O) groups excluding carboxylic acids is 1. The average molecular weight is 413 g/mol. The molecular weight excluding hydrogens is 391 g/mol. The molecule has 0 bridgehead atoms. The minimum atomic E-state index is -3.80. The maximum atomic E-state index is 13.5. The molecule has 0 radical (unpaired) electrons. The van der Waals surface area contributed by atoms with Gasteiger partial charge >= 0.3 is 0 Å². The molecule has 146 valence electrons. The smallest absolute Gasteiger partial charge is 0.244 e. The molecule has 0 saturated carbocycles. The van der Waals surface area contributed by atoms with Crippen molar-refractivity contribution in [3.63, 3.8) is 0 Å². The van der Waals surface area contributed by atoms with E-state index in [-0.39, 0.29) is 23.7 Å². The summed E-state index contributed by atoms with van der Waals surface area (Å²) in [6, 6.07) is 10.2. The first-order valence-corrected chi connectivity index (χ1v) is 10.6. The summed E-state index contributed by atoms with van der Waals surface area (Å²) in [4.78, 5) is 12.7. The molecule has 0 spiro atoms. The monoisotopic (exact) mass is 412 g/mol. The fourth-order valence-electron chi connectivity index (χ4n) is 2.70. The van der Waals surface area contributed by atoms with Crippen molar-refractivity contribution in [2.45, 2.75) is 32.9 Å². The van der Waals surface area contributed by atoms with Gasteiger partial charge in [-0.05, 0) is 37.1 Å². The van der Waals surface area contributed by atoms with Gasteiger partial charge in [-0.25, -0.2) is 12.8 Å². The summed E-state index contributed by atoms with van der Waals surface area (Å²) in [5, 5.41) is 2.55. The second-order valence-electron chi connectivity index (χ2n) is 6.28. The zero-order valence-corrected chi connectivity index (χ0v) is 16.9. The number of aryl methyl sites for hydroxylation is 1. The highest BCUT2D eigenvalue weighted by Crippen LogP contribution is 2.27. The van der Waals surface area contributed by atoms with Crippen LogP contribution in [0.15, 0.2) is 42.5 Å². The largest absolute Gasteiger partial charge is 0.350 e. The highest BCUT2D eigenvalue weighted by atomic mass is 35.5. The molecule has 0 aliphatic carbocycles. The average Bonchev–Trinajstić information content (AvgIpc) is 2.60.